The Labute approximate surface area is 206 Å². The number of hydrogen-bond acceptors (Lipinski definition) is 5. The van der Waals surface area contributed by atoms with Gasteiger partial charge in [0.15, 0.2) is 6.61 Å². The Hall–Kier alpha value is -4.11. The van der Waals surface area contributed by atoms with E-state index in [1.807, 2.05) is 32.0 Å². The second-order valence-electron chi connectivity index (χ2n) is 8.00. The van der Waals surface area contributed by atoms with Crippen molar-refractivity contribution in [1.82, 2.24) is 19.1 Å². The monoisotopic (exact) mass is 493 g/mol. The molecule has 0 radical (unpaired) electrons. The largest absolute Gasteiger partial charge is 0.452 e. The molecule has 35 heavy (non-hydrogen) atoms. The third-order valence-electron chi connectivity index (χ3n) is 5.70. The zero-order valence-electron chi connectivity index (χ0n) is 19.7. The fraction of sp³-hybridized carbons (Fsp3) is 0.200. The van der Waals surface area contributed by atoms with Crippen LogP contribution in [0.1, 0.15) is 27.4 Å². The molecule has 4 aromatic rings. The van der Waals surface area contributed by atoms with E-state index < -0.39 is 18.5 Å². The summed E-state index contributed by atoms with van der Waals surface area (Å²) in [5.41, 5.74) is 3.50. The maximum absolute atomic E-state index is 12.9. The number of carbonyl (C=O) groups excluding carboxylic acids is 2. The van der Waals surface area contributed by atoms with Gasteiger partial charge in [-0.05, 0) is 57.2 Å². The van der Waals surface area contributed by atoms with Gasteiger partial charge in [-0.25, -0.2) is 14.2 Å². The minimum absolute atomic E-state index is 0.130. The minimum atomic E-state index is -0.662. The van der Waals surface area contributed by atoms with Gasteiger partial charge in [0.05, 0.1) is 39.0 Å². The summed E-state index contributed by atoms with van der Waals surface area (Å²) < 4.78 is 9.93. The van der Waals surface area contributed by atoms with Gasteiger partial charge in [0.2, 0.25) is 0 Å². The highest BCUT2D eigenvalue weighted by Gasteiger charge is 2.19. The number of nitrogens with one attached hydrogen (secondary N) is 1. The minimum Gasteiger partial charge on any atom is -0.452 e. The first-order valence-electron chi connectivity index (χ1n) is 10.8. The molecule has 1 N–H and O–H groups in total. The molecular weight excluding hydrogens is 470 g/mol. The van der Waals surface area contributed by atoms with Crippen LogP contribution in [0.5, 0.6) is 0 Å². The summed E-state index contributed by atoms with van der Waals surface area (Å²) in [5.74, 6) is -1.28. The van der Waals surface area contributed by atoms with Gasteiger partial charge in [0, 0.05) is 7.05 Å². The van der Waals surface area contributed by atoms with Gasteiger partial charge in [-0.1, -0.05) is 29.8 Å². The SMILES string of the molecule is Cc1nn(-c2ccc(C(=O)OCC(=O)Nc3c(C)n(C)n(-c4ccccc4)c3=O)cc2)c(C)c1Cl. The average molecular weight is 494 g/mol. The quantitative estimate of drug-likeness (QED) is 0.412. The number of carbonyl (C=O) groups is 2. The number of nitrogens with zero attached hydrogens (tertiary/aromatic N) is 4. The first-order valence-corrected chi connectivity index (χ1v) is 11.2. The molecule has 0 aliphatic heterocycles. The summed E-state index contributed by atoms with van der Waals surface area (Å²) in [4.78, 5) is 37.8. The smallest absolute Gasteiger partial charge is 0.338 e. The average Bonchev–Trinajstić information content (AvgIpc) is 3.24. The Bertz CT molecular complexity index is 1470. The van der Waals surface area contributed by atoms with Crippen LogP contribution in [0.15, 0.2) is 59.4 Å². The number of anilines is 1. The summed E-state index contributed by atoms with van der Waals surface area (Å²) in [5, 5.41) is 7.53. The number of esters is 1. The van der Waals surface area contributed by atoms with Crippen molar-refractivity contribution < 1.29 is 14.3 Å². The van der Waals surface area contributed by atoms with E-state index in [1.165, 1.54) is 4.68 Å². The molecule has 2 aromatic heterocycles. The number of amides is 1. The predicted octanol–water partition coefficient (Wildman–Crippen LogP) is 3.74. The van der Waals surface area contributed by atoms with E-state index in [-0.39, 0.29) is 16.8 Å². The summed E-state index contributed by atoms with van der Waals surface area (Å²) in [7, 11) is 1.73. The van der Waals surface area contributed by atoms with Crippen LogP contribution in [0, 0.1) is 20.8 Å². The van der Waals surface area contributed by atoms with E-state index in [2.05, 4.69) is 10.4 Å². The first-order chi connectivity index (χ1) is 16.7. The van der Waals surface area contributed by atoms with Gasteiger partial charge in [-0.2, -0.15) is 5.10 Å². The van der Waals surface area contributed by atoms with Gasteiger partial charge in [-0.15, -0.1) is 0 Å². The van der Waals surface area contributed by atoms with Crippen molar-refractivity contribution in [1.29, 1.82) is 0 Å². The van der Waals surface area contributed by atoms with Gasteiger partial charge >= 0.3 is 5.97 Å². The van der Waals surface area contributed by atoms with Crippen LogP contribution in [-0.2, 0) is 16.6 Å². The van der Waals surface area contributed by atoms with Crippen LogP contribution < -0.4 is 10.9 Å². The van der Waals surface area contributed by atoms with Crippen molar-refractivity contribution in [2.45, 2.75) is 20.8 Å². The first kappa shape index (κ1) is 24.0. The van der Waals surface area contributed by atoms with Crippen molar-refractivity contribution in [3.05, 3.63) is 92.6 Å². The maximum Gasteiger partial charge on any atom is 0.338 e. The van der Waals surface area contributed by atoms with Crippen molar-refractivity contribution in [3.63, 3.8) is 0 Å². The topological polar surface area (TPSA) is 100 Å². The molecule has 0 saturated heterocycles. The summed E-state index contributed by atoms with van der Waals surface area (Å²) in [6.07, 6.45) is 0. The summed E-state index contributed by atoms with van der Waals surface area (Å²) >= 11 is 6.20. The van der Waals surface area contributed by atoms with E-state index in [4.69, 9.17) is 16.3 Å². The second kappa shape index (κ2) is 9.63. The van der Waals surface area contributed by atoms with Crippen LogP contribution in [0.25, 0.3) is 11.4 Å². The van der Waals surface area contributed by atoms with Gasteiger partial charge in [-0.3, -0.25) is 14.3 Å². The zero-order valence-corrected chi connectivity index (χ0v) is 20.5. The molecule has 0 unspecified atom stereocenters. The lowest BCUT2D eigenvalue weighted by Crippen LogP contribution is -2.25. The van der Waals surface area contributed by atoms with E-state index in [0.717, 1.165) is 11.4 Å². The number of para-hydroxylation sites is 1. The third kappa shape index (κ3) is 4.63. The highest BCUT2D eigenvalue weighted by Crippen LogP contribution is 2.22. The molecule has 0 atom stereocenters. The van der Waals surface area contributed by atoms with E-state index in [1.54, 1.807) is 59.7 Å². The van der Waals surface area contributed by atoms with E-state index >= 15 is 0 Å². The Kier molecular flexibility index (Phi) is 6.61. The Morgan fingerprint density at radius 2 is 1.63 bits per heavy atom. The second-order valence-corrected chi connectivity index (χ2v) is 8.38. The van der Waals surface area contributed by atoms with E-state index in [9.17, 15) is 14.4 Å². The number of halogens is 1. The van der Waals surface area contributed by atoms with E-state index in [0.29, 0.717) is 22.1 Å². The fourth-order valence-electron chi connectivity index (χ4n) is 3.72. The number of aryl methyl sites for hydroxylation is 1. The summed E-state index contributed by atoms with van der Waals surface area (Å²) in [6, 6.07) is 15.7. The number of ether oxygens (including phenoxy) is 1. The molecule has 0 saturated carbocycles. The molecule has 0 spiro atoms. The van der Waals surface area contributed by atoms with Crippen molar-refractivity contribution >= 4 is 29.2 Å². The molecule has 1 amide bonds. The molecule has 2 aromatic carbocycles. The molecular formula is C25H24ClN5O4. The molecule has 180 valence electrons. The van der Waals surface area contributed by atoms with Gasteiger partial charge in [0.1, 0.15) is 5.69 Å². The molecule has 9 nitrogen and oxygen atoms in total. The van der Waals surface area contributed by atoms with Crippen molar-refractivity contribution in [3.8, 4) is 11.4 Å². The number of hydrogen-bond donors (Lipinski definition) is 1. The van der Waals surface area contributed by atoms with Crippen LogP contribution in [0.2, 0.25) is 5.02 Å². The van der Waals surface area contributed by atoms with Crippen LogP contribution >= 0.6 is 11.6 Å². The molecule has 10 heteroatoms. The number of rotatable bonds is 6. The van der Waals surface area contributed by atoms with Crippen LogP contribution in [-0.4, -0.2) is 37.6 Å². The Morgan fingerprint density at radius 1 is 0.971 bits per heavy atom. The van der Waals surface area contributed by atoms with Crippen molar-refractivity contribution in [2.75, 3.05) is 11.9 Å². The molecule has 0 bridgehead atoms. The highest BCUT2D eigenvalue weighted by molar-refractivity contribution is 6.31. The number of benzene rings is 2. The molecule has 0 fully saturated rings. The molecule has 0 aliphatic rings. The van der Waals surface area contributed by atoms with Gasteiger partial charge in [0.25, 0.3) is 11.5 Å². The maximum atomic E-state index is 12.9. The van der Waals surface area contributed by atoms with Gasteiger partial charge < -0.3 is 10.1 Å². The lowest BCUT2D eigenvalue weighted by Gasteiger charge is -2.08. The lowest BCUT2D eigenvalue weighted by atomic mass is 10.2. The Balaban J connectivity index is 1.42. The predicted molar refractivity (Wildman–Crippen MR) is 133 cm³/mol. The highest BCUT2D eigenvalue weighted by atomic mass is 35.5. The fourth-order valence-corrected chi connectivity index (χ4v) is 3.83. The van der Waals surface area contributed by atoms with Crippen LogP contribution in [0.3, 0.4) is 0 Å². The zero-order chi connectivity index (χ0) is 25.3. The van der Waals surface area contributed by atoms with Crippen molar-refractivity contribution in [2.24, 2.45) is 7.05 Å². The number of aromatic nitrogens is 4. The normalized spacial score (nSPS) is 10.9. The standard InChI is InChI=1S/C25H24ClN5O4/c1-15-22(26)16(2)30(28-15)19-12-10-18(11-13-19)25(34)35-14-21(32)27-23-17(3)29(4)31(24(23)33)20-8-6-5-7-9-20/h5-13H,14H2,1-4H3,(H,27,32). The summed E-state index contributed by atoms with van der Waals surface area (Å²) in [6.45, 7) is 4.86. The third-order valence-corrected chi connectivity index (χ3v) is 6.25. The lowest BCUT2D eigenvalue weighted by molar-refractivity contribution is -0.119. The molecule has 2 heterocycles. The van der Waals surface area contributed by atoms with Crippen LogP contribution in [0.4, 0.5) is 5.69 Å². The Morgan fingerprint density at radius 3 is 2.23 bits per heavy atom. The molecule has 4 rings (SSSR count). The molecule has 0 aliphatic carbocycles.